The Balaban J connectivity index is 2.14. The fraction of sp³-hybridized carbons (Fsp3) is 0.500. The third-order valence-electron chi connectivity index (χ3n) is 3.14. The third-order valence-corrected chi connectivity index (χ3v) is 3.86. The number of carbonyl (C=O) groups is 2. The Kier molecular flexibility index (Phi) is 7.80. The lowest BCUT2D eigenvalue weighted by Crippen LogP contribution is -2.24. The smallest absolute Gasteiger partial charge is 0.251 e. The Morgan fingerprint density at radius 2 is 1.75 bits per heavy atom. The van der Waals surface area contributed by atoms with E-state index in [9.17, 15) is 9.59 Å². The van der Waals surface area contributed by atoms with Crippen LogP contribution in [0.25, 0.3) is 0 Å². The summed E-state index contributed by atoms with van der Waals surface area (Å²) in [6.45, 7) is 4.54. The molecule has 1 rings (SSSR count). The van der Waals surface area contributed by atoms with Crippen LogP contribution in [0.5, 0.6) is 0 Å². The van der Waals surface area contributed by atoms with Crippen LogP contribution in [-0.4, -0.2) is 18.2 Å². The zero-order valence-corrected chi connectivity index (χ0v) is 14.3. The van der Waals surface area contributed by atoms with Crippen molar-refractivity contribution < 1.29 is 9.59 Å². The fourth-order valence-corrected chi connectivity index (χ4v) is 2.15. The lowest BCUT2D eigenvalue weighted by Gasteiger charge is -2.06. The van der Waals surface area contributed by atoms with Gasteiger partial charge in [-0.05, 0) is 59.7 Å². The Bertz CT molecular complexity index is 440. The van der Waals surface area contributed by atoms with Crippen LogP contribution < -0.4 is 5.32 Å². The normalized spacial score (nSPS) is 10.6. The van der Waals surface area contributed by atoms with Gasteiger partial charge in [-0.15, -0.1) is 0 Å². The quantitative estimate of drug-likeness (QED) is 0.545. The lowest BCUT2D eigenvalue weighted by atomic mass is 10.0. The molecule has 0 radical (unpaired) electrons. The van der Waals surface area contributed by atoms with Crippen LogP contribution in [0.15, 0.2) is 24.3 Å². The van der Waals surface area contributed by atoms with Crippen molar-refractivity contribution in [2.45, 2.75) is 39.5 Å². The first-order chi connectivity index (χ1) is 9.50. The Hall–Kier alpha value is -0.910. The largest absolute Gasteiger partial charge is 0.352 e. The number of hydrogen-bond acceptors (Lipinski definition) is 2. The molecule has 3 nitrogen and oxygen atoms in total. The highest BCUT2D eigenvalue weighted by Crippen LogP contribution is 2.07. The van der Waals surface area contributed by atoms with E-state index in [1.54, 1.807) is 0 Å². The maximum absolute atomic E-state index is 11.8. The molecule has 0 heterocycles. The van der Waals surface area contributed by atoms with E-state index in [1.807, 2.05) is 38.1 Å². The van der Waals surface area contributed by atoms with E-state index in [1.165, 1.54) is 0 Å². The SMILES string of the molecule is CC(C)C(=O)CCCCCNC(=O)c1ccc(I)cc1. The van der Waals surface area contributed by atoms with Crippen LogP contribution in [0.2, 0.25) is 0 Å². The van der Waals surface area contributed by atoms with E-state index in [4.69, 9.17) is 0 Å². The number of amides is 1. The van der Waals surface area contributed by atoms with Gasteiger partial charge in [-0.3, -0.25) is 9.59 Å². The number of halogens is 1. The molecular weight excluding hydrogens is 365 g/mol. The molecule has 4 heteroatoms. The lowest BCUT2D eigenvalue weighted by molar-refractivity contribution is -0.122. The number of unbranched alkanes of at least 4 members (excludes halogenated alkanes) is 2. The predicted octanol–water partition coefficient (Wildman–Crippen LogP) is 3.81. The summed E-state index contributed by atoms with van der Waals surface area (Å²) in [5, 5.41) is 2.90. The molecule has 1 N–H and O–H groups in total. The minimum atomic E-state index is -0.0281. The van der Waals surface area contributed by atoms with Gasteiger partial charge in [-0.1, -0.05) is 20.3 Å². The molecule has 0 bridgehead atoms. The van der Waals surface area contributed by atoms with Gasteiger partial charge in [0.05, 0.1) is 0 Å². The Morgan fingerprint density at radius 1 is 1.10 bits per heavy atom. The first-order valence-corrected chi connectivity index (χ1v) is 8.15. The molecule has 0 aliphatic heterocycles. The average Bonchev–Trinajstić information content (AvgIpc) is 2.42. The van der Waals surface area contributed by atoms with Crippen LogP contribution in [0.3, 0.4) is 0 Å². The van der Waals surface area contributed by atoms with Gasteiger partial charge in [0.1, 0.15) is 5.78 Å². The third kappa shape index (κ3) is 6.50. The number of nitrogens with one attached hydrogen (secondary N) is 1. The molecule has 0 aliphatic carbocycles. The molecule has 1 aromatic rings. The van der Waals surface area contributed by atoms with Crippen molar-refractivity contribution in [2.75, 3.05) is 6.54 Å². The highest BCUT2D eigenvalue weighted by molar-refractivity contribution is 14.1. The van der Waals surface area contributed by atoms with Crippen molar-refractivity contribution in [3.8, 4) is 0 Å². The van der Waals surface area contributed by atoms with E-state index in [-0.39, 0.29) is 11.8 Å². The van der Waals surface area contributed by atoms with E-state index in [0.717, 1.165) is 22.8 Å². The molecule has 0 aromatic heterocycles. The molecule has 1 amide bonds. The van der Waals surface area contributed by atoms with Gasteiger partial charge in [0.2, 0.25) is 0 Å². The molecule has 0 saturated carbocycles. The molecule has 20 heavy (non-hydrogen) atoms. The van der Waals surface area contributed by atoms with E-state index < -0.39 is 0 Å². The van der Waals surface area contributed by atoms with Crippen LogP contribution >= 0.6 is 22.6 Å². The number of ketones is 1. The van der Waals surface area contributed by atoms with Crippen LogP contribution in [0, 0.1) is 9.49 Å². The summed E-state index contributed by atoms with van der Waals surface area (Å²) in [5.41, 5.74) is 0.695. The van der Waals surface area contributed by atoms with Gasteiger partial charge in [0.15, 0.2) is 0 Å². The summed E-state index contributed by atoms with van der Waals surface area (Å²) in [6.07, 6.45) is 3.46. The average molecular weight is 387 g/mol. The number of benzene rings is 1. The maximum atomic E-state index is 11.8. The molecular formula is C16H22INO2. The summed E-state index contributed by atoms with van der Waals surface area (Å²) >= 11 is 2.21. The fourth-order valence-electron chi connectivity index (χ4n) is 1.79. The zero-order valence-electron chi connectivity index (χ0n) is 12.1. The number of hydrogen-bond donors (Lipinski definition) is 1. The van der Waals surface area contributed by atoms with Crippen LogP contribution in [0.1, 0.15) is 49.9 Å². The van der Waals surface area contributed by atoms with Crippen molar-refractivity contribution >= 4 is 34.3 Å². The molecule has 0 spiro atoms. The molecule has 1 aromatic carbocycles. The number of carbonyl (C=O) groups excluding carboxylic acids is 2. The van der Waals surface area contributed by atoms with Crippen molar-refractivity contribution in [3.05, 3.63) is 33.4 Å². The highest BCUT2D eigenvalue weighted by Gasteiger charge is 2.06. The second-order valence-corrected chi connectivity index (χ2v) is 6.44. The van der Waals surface area contributed by atoms with Crippen LogP contribution in [-0.2, 0) is 4.79 Å². The minimum absolute atomic E-state index is 0.0281. The van der Waals surface area contributed by atoms with E-state index in [2.05, 4.69) is 27.9 Å². The minimum Gasteiger partial charge on any atom is -0.352 e. The summed E-state index contributed by atoms with van der Waals surface area (Å²) in [7, 11) is 0. The summed E-state index contributed by atoms with van der Waals surface area (Å²) in [4.78, 5) is 23.2. The molecule has 0 fully saturated rings. The molecule has 110 valence electrons. The highest BCUT2D eigenvalue weighted by atomic mass is 127. The number of Topliss-reactive ketones (excluding diaryl/α,β-unsaturated/α-hetero) is 1. The van der Waals surface area contributed by atoms with Gasteiger partial charge < -0.3 is 5.32 Å². The van der Waals surface area contributed by atoms with Crippen LogP contribution in [0.4, 0.5) is 0 Å². The standard InChI is InChI=1S/C16H22INO2/c1-12(2)15(19)6-4-3-5-11-18-16(20)13-7-9-14(17)10-8-13/h7-10,12H,3-6,11H2,1-2H3,(H,18,20). The maximum Gasteiger partial charge on any atom is 0.251 e. The number of rotatable bonds is 8. The first kappa shape index (κ1) is 17.1. The van der Waals surface area contributed by atoms with Gasteiger partial charge in [-0.2, -0.15) is 0 Å². The van der Waals surface area contributed by atoms with Gasteiger partial charge >= 0.3 is 0 Å². The molecule has 0 atom stereocenters. The van der Waals surface area contributed by atoms with Gasteiger partial charge in [-0.25, -0.2) is 0 Å². The van der Waals surface area contributed by atoms with Gasteiger partial charge in [0.25, 0.3) is 5.91 Å². The van der Waals surface area contributed by atoms with Crippen molar-refractivity contribution in [3.63, 3.8) is 0 Å². The Morgan fingerprint density at radius 3 is 2.35 bits per heavy atom. The second kappa shape index (κ2) is 9.10. The zero-order chi connectivity index (χ0) is 15.0. The second-order valence-electron chi connectivity index (χ2n) is 5.19. The first-order valence-electron chi connectivity index (χ1n) is 7.07. The molecule has 0 aliphatic rings. The summed E-state index contributed by atoms with van der Waals surface area (Å²) in [5.74, 6) is 0.433. The van der Waals surface area contributed by atoms with E-state index >= 15 is 0 Å². The molecule has 0 unspecified atom stereocenters. The monoisotopic (exact) mass is 387 g/mol. The molecule has 0 saturated heterocycles. The Labute approximate surface area is 134 Å². The van der Waals surface area contributed by atoms with Crippen molar-refractivity contribution in [1.82, 2.24) is 5.32 Å². The van der Waals surface area contributed by atoms with Crippen molar-refractivity contribution in [1.29, 1.82) is 0 Å². The summed E-state index contributed by atoms with van der Waals surface area (Å²) < 4.78 is 1.12. The predicted molar refractivity (Wildman–Crippen MR) is 89.8 cm³/mol. The summed E-state index contributed by atoms with van der Waals surface area (Å²) in [6, 6.07) is 7.51. The van der Waals surface area contributed by atoms with Gasteiger partial charge in [0, 0.05) is 28.0 Å². The van der Waals surface area contributed by atoms with Crippen molar-refractivity contribution in [2.24, 2.45) is 5.92 Å². The van der Waals surface area contributed by atoms with E-state index in [0.29, 0.717) is 24.3 Å². The topological polar surface area (TPSA) is 46.2 Å².